The zero-order valence-electron chi connectivity index (χ0n) is 18.0. The Bertz CT molecular complexity index is 1160. The van der Waals surface area contributed by atoms with Gasteiger partial charge in [0.15, 0.2) is 0 Å². The number of carbonyl (C=O) groups excluding carboxylic acids is 2. The van der Waals surface area contributed by atoms with Gasteiger partial charge in [-0.05, 0) is 48.0 Å². The second-order valence-corrected chi connectivity index (χ2v) is 7.63. The maximum absolute atomic E-state index is 12.8. The largest absolute Gasteiger partial charge is 0.378 e. The smallest absolute Gasteiger partial charge is 0.287 e. The Kier molecular flexibility index (Phi) is 7.46. The van der Waals surface area contributed by atoms with Crippen LogP contribution in [-0.2, 0) is 11.8 Å². The molecule has 0 aliphatic heterocycles. The van der Waals surface area contributed by atoms with E-state index in [1.165, 1.54) is 6.21 Å². The number of aromatic nitrogens is 1. The summed E-state index contributed by atoms with van der Waals surface area (Å²) in [5, 5.41) is 6.95. The van der Waals surface area contributed by atoms with Crippen LogP contribution >= 0.6 is 11.6 Å². The number of aryl methyl sites for hydroxylation is 1. The van der Waals surface area contributed by atoms with Gasteiger partial charge in [0.1, 0.15) is 5.70 Å². The van der Waals surface area contributed by atoms with E-state index in [0.29, 0.717) is 5.02 Å². The molecular weight excluding hydrogens is 426 g/mol. The van der Waals surface area contributed by atoms with Crippen LogP contribution in [0.2, 0.25) is 5.02 Å². The number of hydrogen-bond acceptors (Lipinski definition) is 4. The lowest BCUT2D eigenvalue weighted by Gasteiger charge is -2.13. The van der Waals surface area contributed by atoms with E-state index in [1.54, 1.807) is 30.3 Å². The number of nitrogens with zero attached hydrogens (tertiary/aromatic N) is 3. The molecule has 0 bridgehead atoms. The second-order valence-electron chi connectivity index (χ2n) is 7.22. The lowest BCUT2D eigenvalue weighted by molar-refractivity contribution is -0.117. The van der Waals surface area contributed by atoms with Gasteiger partial charge in [0.25, 0.3) is 11.8 Å². The maximum atomic E-state index is 12.8. The lowest BCUT2D eigenvalue weighted by Crippen LogP contribution is -2.33. The van der Waals surface area contributed by atoms with Crippen molar-refractivity contribution in [3.63, 3.8) is 0 Å². The molecule has 0 saturated heterocycles. The maximum Gasteiger partial charge on any atom is 0.287 e. The number of anilines is 1. The summed E-state index contributed by atoms with van der Waals surface area (Å²) >= 11 is 6.13. The van der Waals surface area contributed by atoms with Crippen LogP contribution in [0.4, 0.5) is 5.69 Å². The van der Waals surface area contributed by atoms with Gasteiger partial charge in [-0.3, -0.25) is 9.59 Å². The molecule has 7 nitrogen and oxygen atoms in total. The molecule has 0 radical (unpaired) electrons. The molecule has 0 aliphatic carbocycles. The topological polar surface area (TPSA) is 78.7 Å². The van der Waals surface area contributed by atoms with Gasteiger partial charge < -0.3 is 14.8 Å². The molecule has 2 N–H and O–H groups in total. The molecule has 8 heteroatoms. The van der Waals surface area contributed by atoms with E-state index in [0.717, 1.165) is 16.9 Å². The van der Waals surface area contributed by atoms with E-state index in [2.05, 4.69) is 15.8 Å². The first-order chi connectivity index (χ1) is 15.3. The predicted molar refractivity (Wildman–Crippen MR) is 129 cm³/mol. The first kappa shape index (κ1) is 22.8. The molecule has 3 aromatic rings. The van der Waals surface area contributed by atoms with Crippen molar-refractivity contribution in [2.24, 2.45) is 12.1 Å². The second kappa shape index (κ2) is 10.5. The highest BCUT2D eigenvalue weighted by Gasteiger charge is 2.16. The van der Waals surface area contributed by atoms with Crippen molar-refractivity contribution in [3.05, 3.63) is 94.4 Å². The van der Waals surface area contributed by atoms with E-state index >= 15 is 0 Å². The molecule has 2 amide bonds. The number of nitrogens with one attached hydrogen (secondary N) is 2. The highest BCUT2D eigenvalue weighted by atomic mass is 35.5. The molecule has 0 aliphatic rings. The fraction of sp³-hybridized carbons (Fsp3) is 0.125. The van der Waals surface area contributed by atoms with Crippen LogP contribution in [-0.4, -0.2) is 36.7 Å². The van der Waals surface area contributed by atoms with Crippen molar-refractivity contribution < 1.29 is 9.59 Å². The van der Waals surface area contributed by atoms with Crippen molar-refractivity contribution >= 4 is 41.4 Å². The Morgan fingerprint density at radius 1 is 1.03 bits per heavy atom. The van der Waals surface area contributed by atoms with Gasteiger partial charge in [-0.1, -0.05) is 35.9 Å². The van der Waals surface area contributed by atoms with Crippen LogP contribution in [0.5, 0.6) is 0 Å². The minimum absolute atomic E-state index is 0.0385. The summed E-state index contributed by atoms with van der Waals surface area (Å²) in [4.78, 5) is 27.6. The van der Waals surface area contributed by atoms with Gasteiger partial charge in [-0.15, -0.1) is 0 Å². The molecule has 0 unspecified atom stereocenters. The summed E-state index contributed by atoms with van der Waals surface area (Å²) in [5.74, 6) is -1.05. The van der Waals surface area contributed by atoms with Gasteiger partial charge in [0, 0.05) is 33.0 Å². The number of hydrogen-bond donors (Lipinski definition) is 2. The molecule has 2 aromatic carbocycles. The number of hydrazone groups is 1. The van der Waals surface area contributed by atoms with Crippen LogP contribution in [0.25, 0.3) is 6.08 Å². The zero-order valence-corrected chi connectivity index (χ0v) is 18.8. The van der Waals surface area contributed by atoms with Crippen molar-refractivity contribution in [1.82, 2.24) is 15.3 Å². The highest BCUT2D eigenvalue weighted by molar-refractivity contribution is 6.34. The third kappa shape index (κ3) is 5.86. The van der Waals surface area contributed by atoms with Gasteiger partial charge in [-0.25, -0.2) is 5.43 Å². The normalized spacial score (nSPS) is 11.4. The number of halogens is 1. The molecule has 0 atom stereocenters. The SMILES string of the molecule is CN(C)c1ccc(/C=C(\NC(=O)c2ccccc2Cl)C(=O)NN=Cc2cccn2C)cc1. The van der Waals surface area contributed by atoms with Crippen molar-refractivity contribution in [2.45, 2.75) is 0 Å². The minimum Gasteiger partial charge on any atom is -0.378 e. The Morgan fingerprint density at radius 2 is 1.75 bits per heavy atom. The summed E-state index contributed by atoms with van der Waals surface area (Å²) < 4.78 is 1.86. The van der Waals surface area contributed by atoms with E-state index in [1.807, 2.05) is 73.2 Å². The molecule has 164 valence electrons. The van der Waals surface area contributed by atoms with Gasteiger partial charge in [0.05, 0.1) is 22.5 Å². The number of amides is 2. The molecular formula is C24H24ClN5O2. The van der Waals surface area contributed by atoms with Crippen LogP contribution in [0.1, 0.15) is 21.6 Å². The first-order valence-corrected chi connectivity index (χ1v) is 10.2. The number of rotatable bonds is 7. The van der Waals surface area contributed by atoms with Crippen molar-refractivity contribution in [2.75, 3.05) is 19.0 Å². The van der Waals surface area contributed by atoms with E-state index < -0.39 is 11.8 Å². The molecule has 0 saturated carbocycles. The third-order valence-electron chi connectivity index (χ3n) is 4.68. The average molecular weight is 450 g/mol. The molecule has 0 spiro atoms. The van der Waals surface area contributed by atoms with Crippen LogP contribution < -0.4 is 15.6 Å². The Hall–Kier alpha value is -3.84. The van der Waals surface area contributed by atoms with E-state index in [9.17, 15) is 9.59 Å². The quantitative estimate of drug-likeness (QED) is 0.328. The summed E-state index contributed by atoms with van der Waals surface area (Å²) in [5.41, 5.74) is 5.34. The fourth-order valence-corrected chi connectivity index (χ4v) is 3.08. The molecule has 1 aromatic heterocycles. The van der Waals surface area contributed by atoms with Crippen LogP contribution in [0.15, 0.2) is 77.7 Å². The lowest BCUT2D eigenvalue weighted by atomic mass is 10.1. The number of benzene rings is 2. The van der Waals surface area contributed by atoms with Gasteiger partial charge >= 0.3 is 0 Å². The Morgan fingerprint density at radius 3 is 2.38 bits per heavy atom. The van der Waals surface area contributed by atoms with Crippen LogP contribution in [0.3, 0.4) is 0 Å². The Balaban J connectivity index is 1.85. The summed E-state index contributed by atoms with van der Waals surface area (Å²) in [6.07, 6.45) is 4.98. The van der Waals surface area contributed by atoms with Crippen molar-refractivity contribution in [1.29, 1.82) is 0 Å². The van der Waals surface area contributed by atoms with E-state index in [4.69, 9.17) is 11.6 Å². The van der Waals surface area contributed by atoms with Crippen LogP contribution in [0, 0.1) is 0 Å². The summed E-state index contributed by atoms with van der Waals surface area (Å²) in [6, 6.07) is 17.9. The van der Waals surface area contributed by atoms with Gasteiger partial charge in [0.2, 0.25) is 0 Å². The average Bonchev–Trinajstić information content (AvgIpc) is 3.18. The van der Waals surface area contributed by atoms with Gasteiger partial charge in [-0.2, -0.15) is 5.10 Å². The Labute approximate surface area is 192 Å². The van der Waals surface area contributed by atoms with E-state index in [-0.39, 0.29) is 11.3 Å². The van der Waals surface area contributed by atoms with Crippen molar-refractivity contribution in [3.8, 4) is 0 Å². The fourth-order valence-electron chi connectivity index (χ4n) is 2.85. The predicted octanol–water partition coefficient (Wildman–Crippen LogP) is 3.67. The minimum atomic E-state index is -0.562. The molecule has 3 rings (SSSR count). The zero-order chi connectivity index (χ0) is 23.1. The monoisotopic (exact) mass is 449 g/mol. The standard InChI is InChI=1S/C24H24ClN5O2/c1-29(2)18-12-10-17(11-13-18)15-22(27-23(31)20-8-4-5-9-21(20)25)24(32)28-26-16-19-7-6-14-30(19)3/h4-16H,1-3H3,(H,27,31)(H,28,32)/b22-15-,26-16?. The number of carbonyl (C=O) groups is 2. The highest BCUT2D eigenvalue weighted by Crippen LogP contribution is 2.17. The first-order valence-electron chi connectivity index (χ1n) is 9.85. The molecule has 0 fully saturated rings. The third-order valence-corrected chi connectivity index (χ3v) is 5.01. The summed E-state index contributed by atoms with van der Waals surface area (Å²) in [7, 11) is 5.76. The summed E-state index contributed by atoms with van der Waals surface area (Å²) in [6.45, 7) is 0. The molecule has 32 heavy (non-hydrogen) atoms. The molecule has 1 heterocycles.